The fraction of sp³-hybridized carbons (Fsp3) is 0. The van der Waals surface area contributed by atoms with Gasteiger partial charge in [-0.2, -0.15) is 0 Å². The molecule has 1 aromatic rings. The molecule has 0 bridgehead atoms. The average Bonchev–Trinajstić information content (AvgIpc) is 1.96. The Labute approximate surface area is 65.2 Å². The van der Waals surface area contributed by atoms with Crippen molar-refractivity contribution in [1.82, 2.24) is 0 Å². The van der Waals surface area contributed by atoms with Gasteiger partial charge in [0.25, 0.3) is 0 Å². The summed E-state index contributed by atoms with van der Waals surface area (Å²) in [6.45, 7) is 0. The summed E-state index contributed by atoms with van der Waals surface area (Å²) >= 11 is 0. The van der Waals surface area contributed by atoms with Gasteiger partial charge in [0.05, 0.1) is 5.97 Å². The minimum Gasteiger partial charge on any atom is -0.545 e. The van der Waals surface area contributed by atoms with Gasteiger partial charge < -0.3 is 9.90 Å². The van der Waals surface area contributed by atoms with Crippen LogP contribution in [0.3, 0.4) is 0 Å². The first-order valence-corrected chi connectivity index (χ1v) is 2.88. The fourth-order valence-corrected chi connectivity index (χ4v) is 0.705. The predicted octanol–water partition coefficient (Wildman–Crippen LogP) is 0.467. The Hall–Kier alpha value is -1.52. The molecule has 1 aromatic carbocycles. The molecule has 12 heavy (non-hydrogen) atoms. The molecule has 0 saturated carbocycles. The molecule has 1 rings (SSSR count). The highest BCUT2D eigenvalue weighted by molar-refractivity contribution is 5.86. The van der Waals surface area contributed by atoms with Gasteiger partial charge in [-0.25, -0.2) is 13.2 Å². The maximum atomic E-state index is 12.5. The molecule has 64 valence electrons. The highest BCUT2D eigenvalue weighted by Crippen LogP contribution is 2.12. The second-order valence-corrected chi connectivity index (χ2v) is 2.04. The summed E-state index contributed by atoms with van der Waals surface area (Å²) < 4.78 is 37.0. The molecule has 0 saturated heterocycles. The minimum atomic E-state index is -1.95. The van der Waals surface area contributed by atoms with Crippen LogP contribution in [0, 0.1) is 17.5 Å². The molecule has 0 aliphatic rings. The summed E-state index contributed by atoms with van der Waals surface area (Å²) in [5.74, 6) is -6.27. The first-order chi connectivity index (χ1) is 5.52. The summed E-state index contributed by atoms with van der Waals surface area (Å²) in [5.41, 5.74) is -1.12. The highest BCUT2D eigenvalue weighted by atomic mass is 19.2. The van der Waals surface area contributed by atoms with E-state index in [1.54, 1.807) is 0 Å². The highest BCUT2D eigenvalue weighted by Gasteiger charge is 2.10. The number of carboxylic acids is 1. The molecule has 0 N–H and O–H groups in total. The van der Waals surface area contributed by atoms with Gasteiger partial charge in [-0.05, 0) is 6.07 Å². The number of carboxylic acid groups (broad SMARTS) is 1. The largest absolute Gasteiger partial charge is 0.545 e. The molecule has 0 fully saturated rings. The van der Waals surface area contributed by atoms with E-state index in [4.69, 9.17) is 0 Å². The lowest BCUT2D eigenvalue weighted by Crippen LogP contribution is -2.24. The predicted molar refractivity (Wildman–Crippen MR) is 30.6 cm³/mol. The lowest BCUT2D eigenvalue weighted by atomic mass is 10.2. The second-order valence-electron chi connectivity index (χ2n) is 2.04. The monoisotopic (exact) mass is 175 g/mol. The van der Waals surface area contributed by atoms with Crippen LogP contribution in [0.1, 0.15) is 10.4 Å². The Kier molecular flexibility index (Phi) is 2.03. The standard InChI is InChI=1S/C7H3F3O2/c8-3-1-4(7(11)12)6(10)5(9)2-3/h1-2H,(H,11,12)/p-1. The molecule has 5 heteroatoms. The Morgan fingerprint density at radius 1 is 1.25 bits per heavy atom. The zero-order chi connectivity index (χ0) is 9.30. The first-order valence-electron chi connectivity index (χ1n) is 2.88. The topological polar surface area (TPSA) is 40.1 Å². The number of carbonyl (C=O) groups excluding carboxylic acids is 1. The van der Waals surface area contributed by atoms with Crippen molar-refractivity contribution in [3.63, 3.8) is 0 Å². The van der Waals surface area contributed by atoms with Gasteiger partial charge in [0.1, 0.15) is 5.82 Å². The van der Waals surface area contributed by atoms with E-state index in [1.807, 2.05) is 0 Å². The van der Waals surface area contributed by atoms with Gasteiger partial charge in [0.15, 0.2) is 11.6 Å². The summed E-state index contributed by atoms with van der Waals surface area (Å²) in [4.78, 5) is 10.0. The van der Waals surface area contributed by atoms with Crippen LogP contribution < -0.4 is 5.11 Å². The molecule has 0 unspecified atom stereocenters. The van der Waals surface area contributed by atoms with E-state index in [2.05, 4.69) is 0 Å². The SMILES string of the molecule is O=C([O-])c1cc(F)cc(F)c1F. The minimum absolute atomic E-state index is 0.252. The molecule has 0 aliphatic carbocycles. The van der Waals surface area contributed by atoms with E-state index in [0.29, 0.717) is 6.07 Å². The molecule has 0 atom stereocenters. The van der Waals surface area contributed by atoms with Gasteiger partial charge in [-0.15, -0.1) is 0 Å². The zero-order valence-electron chi connectivity index (χ0n) is 5.61. The normalized spacial score (nSPS) is 9.92. The summed E-state index contributed by atoms with van der Waals surface area (Å²) in [6, 6.07) is 0.607. The van der Waals surface area contributed by atoms with Crippen LogP contribution >= 0.6 is 0 Å². The van der Waals surface area contributed by atoms with Crippen molar-refractivity contribution >= 4 is 5.97 Å². The van der Waals surface area contributed by atoms with Gasteiger partial charge in [0.2, 0.25) is 0 Å². The Morgan fingerprint density at radius 3 is 2.33 bits per heavy atom. The van der Waals surface area contributed by atoms with E-state index in [0.717, 1.165) is 0 Å². The number of hydrogen-bond donors (Lipinski definition) is 0. The van der Waals surface area contributed by atoms with Crippen molar-refractivity contribution in [3.05, 3.63) is 35.1 Å². The number of halogens is 3. The lowest BCUT2D eigenvalue weighted by molar-refractivity contribution is -0.255. The average molecular weight is 175 g/mol. The van der Waals surface area contributed by atoms with Crippen LogP contribution in [0.4, 0.5) is 13.2 Å². The van der Waals surface area contributed by atoms with Gasteiger partial charge in [-0.1, -0.05) is 0 Å². The Bertz CT molecular complexity index is 336. The lowest BCUT2D eigenvalue weighted by Gasteiger charge is -2.03. The number of aromatic carboxylic acids is 1. The Morgan fingerprint density at radius 2 is 1.83 bits per heavy atom. The van der Waals surface area contributed by atoms with Crippen LogP contribution in [0.2, 0.25) is 0 Å². The summed E-state index contributed by atoms with van der Waals surface area (Å²) in [7, 11) is 0. The van der Waals surface area contributed by atoms with Crippen molar-refractivity contribution in [2.45, 2.75) is 0 Å². The van der Waals surface area contributed by atoms with E-state index >= 15 is 0 Å². The van der Waals surface area contributed by atoms with Gasteiger partial charge in [-0.3, -0.25) is 0 Å². The maximum Gasteiger partial charge on any atom is 0.168 e. The quantitative estimate of drug-likeness (QED) is 0.582. The molecule has 0 aliphatic heterocycles. The van der Waals surface area contributed by atoms with E-state index in [-0.39, 0.29) is 6.07 Å². The van der Waals surface area contributed by atoms with Crippen molar-refractivity contribution in [2.75, 3.05) is 0 Å². The number of carbonyl (C=O) groups is 1. The third kappa shape index (κ3) is 1.39. The van der Waals surface area contributed by atoms with Gasteiger partial charge in [0, 0.05) is 11.6 Å². The first kappa shape index (κ1) is 8.58. The second kappa shape index (κ2) is 2.84. The molecule has 0 amide bonds. The molecule has 0 radical (unpaired) electrons. The summed E-state index contributed by atoms with van der Waals surface area (Å²) in [6.07, 6.45) is 0. The van der Waals surface area contributed by atoms with Crippen molar-refractivity contribution < 1.29 is 23.1 Å². The number of benzene rings is 1. The molecular formula is C7H2F3O2-. The molecule has 0 spiro atoms. The molecular weight excluding hydrogens is 173 g/mol. The third-order valence-corrected chi connectivity index (χ3v) is 1.21. The zero-order valence-corrected chi connectivity index (χ0v) is 5.61. The fourth-order valence-electron chi connectivity index (χ4n) is 0.705. The molecule has 2 nitrogen and oxygen atoms in total. The van der Waals surface area contributed by atoms with Crippen LogP contribution in [0.25, 0.3) is 0 Å². The van der Waals surface area contributed by atoms with Crippen LogP contribution in [-0.2, 0) is 0 Å². The van der Waals surface area contributed by atoms with Crippen LogP contribution in [-0.4, -0.2) is 5.97 Å². The molecule has 0 aromatic heterocycles. The van der Waals surface area contributed by atoms with Crippen molar-refractivity contribution in [1.29, 1.82) is 0 Å². The van der Waals surface area contributed by atoms with Crippen molar-refractivity contribution in [2.24, 2.45) is 0 Å². The molecule has 0 heterocycles. The summed E-state index contributed by atoms with van der Waals surface area (Å²) in [5, 5.41) is 10.0. The number of hydrogen-bond acceptors (Lipinski definition) is 2. The van der Waals surface area contributed by atoms with E-state index < -0.39 is 29.0 Å². The Balaban J connectivity index is 3.37. The van der Waals surface area contributed by atoms with Crippen molar-refractivity contribution in [3.8, 4) is 0 Å². The van der Waals surface area contributed by atoms with Crippen LogP contribution in [0.5, 0.6) is 0 Å². The van der Waals surface area contributed by atoms with Gasteiger partial charge >= 0.3 is 0 Å². The van der Waals surface area contributed by atoms with E-state index in [9.17, 15) is 23.1 Å². The maximum absolute atomic E-state index is 12.5. The van der Waals surface area contributed by atoms with E-state index in [1.165, 1.54) is 0 Å². The smallest absolute Gasteiger partial charge is 0.168 e. The number of rotatable bonds is 1. The third-order valence-electron chi connectivity index (χ3n) is 1.21. The van der Waals surface area contributed by atoms with Crippen LogP contribution in [0.15, 0.2) is 12.1 Å².